The monoisotopic (exact) mass is 308 g/mol. The molecule has 114 valence electrons. The van der Waals surface area contributed by atoms with E-state index in [1.54, 1.807) is 16.8 Å². The quantitative estimate of drug-likeness (QED) is 0.856. The molecular weight excluding hydrogens is 288 g/mol. The van der Waals surface area contributed by atoms with Crippen molar-refractivity contribution in [1.82, 2.24) is 9.78 Å². The summed E-state index contributed by atoms with van der Waals surface area (Å²) in [5.74, 6) is 0.0149. The van der Waals surface area contributed by atoms with Crippen molar-refractivity contribution >= 4 is 21.5 Å². The van der Waals surface area contributed by atoms with Crippen LogP contribution < -0.4 is 10.5 Å². The van der Waals surface area contributed by atoms with E-state index in [0.29, 0.717) is 12.2 Å². The first-order valence-corrected chi connectivity index (χ1v) is 8.39. The predicted octanol–water partition coefficient (Wildman–Crippen LogP) is 2.24. The molecule has 0 bridgehead atoms. The molecule has 0 atom stereocenters. The van der Waals surface area contributed by atoms with Crippen molar-refractivity contribution < 1.29 is 8.42 Å². The number of nitrogens with one attached hydrogen (secondary N) is 1. The van der Waals surface area contributed by atoms with Gasteiger partial charge in [-0.1, -0.05) is 26.0 Å². The number of aromatic nitrogens is 2. The number of nitrogen functional groups attached to an aromatic ring is 1. The second kappa shape index (κ2) is 6.17. The summed E-state index contributed by atoms with van der Waals surface area (Å²) in [4.78, 5) is 0.00974. The second-order valence-electron chi connectivity index (χ2n) is 4.80. The van der Waals surface area contributed by atoms with Crippen LogP contribution in [-0.4, -0.2) is 18.2 Å². The van der Waals surface area contributed by atoms with Gasteiger partial charge >= 0.3 is 0 Å². The molecule has 0 spiro atoms. The van der Waals surface area contributed by atoms with Crippen molar-refractivity contribution in [2.75, 3.05) is 10.5 Å². The fourth-order valence-electron chi connectivity index (χ4n) is 1.99. The van der Waals surface area contributed by atoms with Crippen LogP contribution in [-0.2, 0) is 23.0 Å². The van der Waals surface area contributed by atoms with Gasteiger partial charge in [-0.3, -0.25) is 9.40 Å². The Kier molecular flexibility index (Phi) is 4.52. The molecular formula is C14H20N4O2S. The van der Waals surface area contributed by atoms with E-state index in [0.717, 1.165) is 18.4 Å². The number of nitrogens with zero attached hydrogens (tertiary/aromatic N) is 2. The molecule has 0 saturated heterocycles. The maximum Gasteiger partial charge on any atom is 0.267 e. The Morgan fingerprint density at radius 1 is 1.24 bits per heavy atom. The van der Waals surface area contributed by atoms with Gasteiger partial charge in [-0.15, -0.1) is 0 Å². The molecule has 0 fully saturated rings. The average Bonchev–Trinajstić information content (AvgIpc) is 2.81. The average molecular weight is 308 g/mol. The van der Waals surface area contributed by atoms with Gasteiger partial charge in [0.25, 0.3) is 10.0 Å². The van der Waals surface area contributed by atoms with Crippen LogP contribution in [0.1, 0.15) is 25.8 Å². The smallest absolute Gasteiger partial charge is 0.267 e. The Hall–Kier alpha value is -2.02. The highest BCUT2D eigenvalue weighted by Crippen LogP contribution is 2.21. The molecule has 0 unspecified atom stereocenters. The molecule has 0 radical (unpaired) electrons. The summed E-state index contributed by atoms with van der Waals surface area (Å²) >= 11 is 0. The zero-order valence-electron chi connectivity index (χ0n) is 12.2. The van der Waals surface area contributed by atoms with Crippen molar-refractivity contribution in [1.29, 1.82) is 0 Å². The first kappa shape index (κ1) is 15.4. The van der Waals surface area contributed by atoms with Crippen molar-refractivity contribution in [2.24, 2.45) is 0 Å². The third-order valence-corrected chi connectivity index (χ3v) is 4.51. The minimum absolute atomic E-state index is 0.00974. The Morgan fingerprint density at radius 2 is 1.90 bits per heavy atom. The number of anilines is 2. The summed E-state index contributed by atoms with van der Waals surface area (Å²) < 4.78 is 28.8. The number of rotatable bonds is 6. The summed E-state index contributed by atoms with van der Waals surface area (Å²) in [6.07, 6.45) is 3.22. The van der Waals surface area contributed by atoms with E-state index in [9.17, 15) is 8.42 Å². The largest absolute Gasteiger partial charge is 0.381 e. The van der Waals surface area contributed by atoms with E-state index in [-0.39, 0.29) is 10.7 Å². The van der Waals surface area contributed by atoms with Gasteiger partial charge in [-0.25, -0.2) is 8.42 Å². The number of hydrogen-bond acceptors (Lipinski definition) is 4. The van der Waals surface area contributed by atoms with E-state index < -0.39 is 10.0 Å². The lowest BCUT2D eigenvalue weighted by Crippen LogP contribution is -2.13. The number of nitrogens with two attached hydrogens (primary N) is 1. The van der Waals surface area contributed by atoms with Gasteiger partial charge in [0.2, 0.25) is 0 Å². The molecule has 1 heterocycles. The summed E-state index contributed by atoms with van der Waals surface area (Å²) in [6.45, 7) is 4.66. The Bertz CT molecular complexity index is 705. The molecule has 0 aliphatic rings. The SMILES string of the molecule is CCCn1cc(S(=O)(=O)Nc2ccc(CC)cc2)c(N)n1. The van der Waals surface area contributed by atoms with Crippen LogP contribution in [0.3, 0.4) is 0 Å². The minimum atomic E-state index is -3.72. The van der Waals surface area contributed by atoms with Crippen LogP contribution >= 0.6 is 0 Å². The minimum Gasteiger partial charge on any atom is -0.381 e. The molecule has 6 nitrogen and oxygen atoms in total. The molecule has 3 N–H and O–H groups in total. The van der Waals surface area contributed by atoms with Gasteiger partial charge in [-0.2, -0.15) is 5.10 Å². The van der Waals surface area contributed by atoms with E-state index >= 15 is 0 Å². The zero-order valence-corrected chi connectivity index (χ0v) is 13.0. The van der Waals surface area contributed by atoms with Gasteiger partial charge in [0, 0.05) is 18.4 Å². The maximum atomic E-state index is 12.4. The van der Waals surface area contributed by atoms with Gasteiger partial charge in [0.1, 0.15) is 4.90 Å². The standard InChI is InChI=1S/C14H20N4O2S/c1-3-9-18-10-13(14(15)16-18)21(19,20)17-12-7-5-11(4-2)6-8-12/h5-8,10,17H,3-4,9H2,1-2H3,(H2,15,16). The molecule has 0 amide bonds. The van der Waals surface area contributed by atoms with Crippen molar-refractivity contribution in [3.63, 3.8) is 0 Å². The van der Waals surface area contributed by atoms with Crippen molar-refractivity contribution in [3.05, 3.63) is 36.0 Å². The molecule has 2 aromatic rings. The topological polar surface area (TPSA) is 90.0 Å². The third-order valence-electron chi connectivity index (χ3n) is 3.11. The highest BCUT2D eigenvalue weighted by molar-refractivity contribution is 7.92. The second-order valence-corrected chi connectivity index (χ2v) is 6.45. The predicted molar refractivity (Wildman–Crippen MR) is 83.6 cm³/mol. The van der Waals surface area contributed by atoms with Crippen LogP contribution in [0.25, 0.3) is 0 Å². The van der Waals surface area contributed by atoms with Crippen molar-refractivity contribution in [2.45, 2.75) is 38.1 Å². The number of aryl methyl sites for hydroxylation is 2. The summed E-state index contributed by atoms with van der Waals surface area (Å²) in [5, 5.41) is 4.01. The Balaban J connectivity index is 2.24. The summed E-state index contributed by atoms with van der Waals surface area (Å²) in [6, 6.07) is 7.26. The van der Waals surface area contributed by atoms with Crippen LogP contribution in [0.5, 0.6) is 0 Å². The Morgan fingerprint density at radius 3 is 2.48 bits per heavy atom. The molecule has 2 rings (SSSR count). The van der Waals surface area contributed by atoms with Crippen molar-refractivity contribution in [3.8, 4) is 0 Å². The fraction of sp³-hybridized carbons (Fsp3) is 0.357. The third kappa shape index (κ3) is 3.55. The van der Waals surface area contributed by atoms with Crippen LogP contribution in [0.2, 0.25) is 0 Å². The maximum absolute atomic E-state index is 12.4. The molecule has 0 aliphatic carbocycles. The van der Waals surface area contributed by atoms with E-state index in [1.165, 1.54) is 6.20 Å². The summed E-state index contributed by atoms with van der Waals surface area (Å²) in [7, 11) is -3.72. The molecule has 0 saturated carbocycles. The number of benzene rings is 1. The normalized spacial score (nSPS) is 11.5. The lowest BCUT2D eigenvalue weighted by Gasteiger charge is -2.07. The molecule has 1 aromatic heterocycles. The van der Waals surface area contributed by atoms with E-state index in [1.807, 2.05) is 26.0 Å². The first-order valence-electron chi connectivity index (χ1n) is 6.91. The lowest BCUT2D eigenvalue weighted by molar-refractivity contribution is 0.595. The van der Waals surface area contributed by atoms with Gasteiger partial charge < -0.3 is 5.73 Å². The van der Waals surface area contributed by atoms with Crippen LogP contribution in [0, 0.1) is 0 Å². The highest BCUT2D eigenvalue weighted by atomic mass is 32.2. The molecule has 21 heavy (non-hydrogen) atoms. The number of hydrogen-bond donors (Lipinski definition) is 2. The number of sulfonamides is 1. The fourth-order valence-corrected chi connectivity index (χ4v) is 3.12. The molecule has 7 heteroatoms. The van der Waals surface area contributed by atoms with Crippen LogP contribution in [0.15, 0.2) is 35.4 Å². The van der Waals surface area contributed by atoms with E-state index in [4.69, 9.17) is 5.73 Å². The molecule has 1 aromatic carbocycles. The van der Waals surface area contributed by atoms with Gasteiger partial charge in [-0.05, 0) is 30.5 Å². The summed E-state index contributed by atoms with van der Waals surface area (Å²) in [5.41, 5.74) is 7.36. The zero-order chi connectivity index (χ0) is 15.5. The van der Waals surface area contributed by atoms with Crippen LogP contribution in [0.4, 0.5) is 11.5 Å². The highest BCUT2D eigenvalue weighted by Gasteiger charge is 2.21. The lowest BCUT2D eigenvalue weighted by atomic mass is 10.2. The van der Waals surface area contributed by atoms with E-state index in [2.05, 4.69) is 9.82 Å². The molecule has 0 aliphatic heterocycles. The van der Waals surface area contributed by atoms with Gasteiger partial charge in [0.05, 0.1) is 0 Å². The van der Waals surface area contributed by atoms with Gasteiger partial charge in [0.15, 0.2) is 5.82 Å². The first-order chi connectivity index (χ1) is 9.96. The Labute approximate surface area is 125 Å².